The molecule has 0 saturated heterocycles. The van der Waals surface area contributed by atoms with Crippen molar-refractivity contribution in [3.63, 3.8) is 0 Å². The Morgan fingerprint density at radius 2 is 2.28 bits per heavy atom. The van der Waals surface area contributed by atoms with Crippen LogP contribution in [0.3, 0.4) is 0 Å². The summed E-state index contributed by atoms with van der Waals surface area (Å²) < 4.78 is 0. The van der Waals surface area contributed by atoms with Crippen molar-refractivity contribution in [1.29, 1.82) is 5.26 Å². The topological polar surface area (TPSA) is 52.0 Å². The van der Waals surface area contributed by atoms with Crippen LogP contribution in [-0.4, -0.2) is 30.0 Å². The molecule has 0 aliphatic rings. The van der Waals surface area contributed by atoms with Crippen molar-refractivity contribution in [2.45, 2.75) is 20.4 Å². The van der Waals surface area contributed by atoms with Crippen LogP contribution in [-0.2, 0) is 6.54 Å². The van der Waals surface area contributed by atoms with E-state index in [0.717, 1.165) is 24.6 Å². The Morgan fingerprint density at radius 3 is 2.83 bits per heavy atom. The fourth-order valence-corrected chi connectivity index (χ4v) is 1.84. The van der Waals surface area contributed by atoms with E-state index < -0.39 is 0 Å². The minimum absolute atomic E-state index is 0.0104. The molecule has 1 atom stereocenters. The molecule has 0 spiro atoms. The lowest BCUT2D eigenvalue weighted by molar-refractivity contribution is 0.257. The third-order valence-corrected chi connectivity index (χ3v) is 3.09. The van der Waals surface area contributed by atoms with Crippen LogP contribution in [0.1, 0.15) is 19.5 Å². The van der Waals surface area contributed by atoms with Crippen molar-refractivity contribution in [2.24, 2.45) is 5.92 Å². The molecule has 98 valence electrons. The van der Waals surface area contributed by atoms with E-state index in [1.54, 1.807) is 0 Å². The number of anilines is 1. The predicted octanol–water partition coefficient (Wildman–Crippen LogP) is 2.76. The first kappa shape index (κ1) is 14.7. The Balaban J connectivity index is 2.78. The zero-order valence-electron chi connectivity index (χ0n) is 11.1. The molecule has 4 nitrogen and oxygen atoms in total. The number of rotatable bonds is 6. The molecule has 18 heavy (non-hydrogen) atoms. The number of nitrogens with zero attached hydrogens (tertiary/aromatic N) is 3. The highest BCUT2D eigenvalue weighted by Crippen LogP contribution is 2.18. The van der Waals surface area contributed by atoms with E-state index in [-0.39, 0.29) is 5.92 Å². The summed E-state index contributed by atoms with van der Waals surface area (Å²) in [6.07, 6.45) is 0. The third kappa shape index (κ3) is 4.17. The molecule has 0 saturated carbocycles. The monoisotopic (exact) mass is 266 g/mol. The number of halogens is 1. The average Bonchev–Trinajstić information content (AvgIpc) is 2.39. The Hall–Kier alpha value is -1.31. The second-order valence-electron chi connectivity index (χ2n) is 4.23. The summed E-state index contributed by atoms with van der Waals surface area (Å²) in [4.78, 5) is 6.61. The van der Waals surface area contributed by atoms with Gasteiger partial charge in [-0.2, -0.15) is 5.26 Å². The van der Waals surface area contributed by atoms with Crippen LogP contribution in [0.4, 0.5) is 5.82 Å². The van der Waals surface area contributed by atoms with Gasteiger partial charge in [0.2, 0.25) is 0 Å². The number of nitriles is 1. The van der Waals surface area contributed by atoms with Crippen LogP contribution in [0.15, 0.2) is 12.1 Å². The van der Waals surface area contributed by atoms with Crippen LogP contribution < -0.4 is 5.32 Å². The molecule has 0 fully saturated rings. The maximum atomic E-state index is 8.85. The fourth-order valence-electron chi connectivity index (χ4n) is 1.68. The number of pyridine rings is 1. The first-order chi connectivity index (χ1) is 8.60. The molecular weight excluding hydrogens is 248 g/mol. The molecule has 0 radical (unpaired) electrons. The lowest BCUT2D eigenvalue weighted by Crippen LogP contribution is -2.28. The summed E-state index contributed by atoms with van der Waals surface area (Å²) in [5.41, 5.74) is 0.843. The van der Waals surface area contributed by atoms with E-state index >= 15 is 0 Å². The first-order valence-corrected chi connectivity index (χ1v) is 6.43. The van der Waals surface area contributed by atoms with Gasteiger partial charge in [0.15, 0.2) is 0 Å². The van der Waals surface area contributed by atoms with E-state index in [1.807, 2.05) is 26.1 Å². The van der Waals surface area contributed by atoms with Gasteiger partial charge in [-0.25, -0.2) is 4.98 Å². The number of hydrogen-bond donors (Lipinski definition) is 1. The number of nitrogens with one attached hydrogen (secondary N) is 1. The van der Waals surface area contributed by atoms with Crippen molar-refractivity contribution >= 4 is 17.4 Å². The molecular formula is C13H19ClN4. The molecule has 1 heterocycles. The third-order valence-electron chi connectivity index (χ3n) is 2.75. The minimum atomic E-state index is 0.0104. The van der Waals surface area contributed by atoms with Crippen LogP contribution in [0.25, 0.3) is 0 Å². The van der Waals surface area contributed by atoms with Gasteiger partial charge in [0.25, 0.3) is 0 Å². The Kier molecular flexibility index (Phi) is 5.90. The summed E-state index contributed by atoms with van der Waals surface area (Å²) in [5, 5.41) is 12.5. The van der Waals surface area contributed by atoms with Crippen molar-refractivity contribution < 1.29 is 0 Å². The van der Waals surface area contributed by atoms with Crippen molar-refractivity contribution in [3.05, 3.63) is 22.8 Å². The van der Waals surface area contributed by atoms with Crippen LogP contribution in [0.2, 0.25) is 5.02 Å². The van der Waals surface area contributed by atoms with Gasteiger partial charge in [-0.05, 0) is 25.6 Å². The summed E-state index contributed by atoms with van der Waals surface area (Å²) >= 11 is 6.14. The van der Waals surface area contributed by atoms with E-state index in [2.05, 4.69) is 28.2 Å². The molecule has 0 bridgehead atoms. The smallest absolute Gasteiger partial charge is 0.126 e. The molecule has 1 N–H and O–H groups in total. The standard InChI is InChI=1S/C13H19ClN4/c1-4-18(8-10(2)7-15)9-12-11(14)5-6-13(16-3)17-12/h5-6,10H,4,8-9H2,1-3H3,(H,16,17). The van der Waals surface area contributed by atoms with Crippen LogP contribution in [0, 0.1) is 17.2 Å². The van der Waals surface area contributed by atoms with Gasteiger partial charge in [0.05, 0.1) is 22.7 Å². The van der Waals surface area contributed by atoms with Gasteiger partial charge in [-0.15, -0.1) is 0 Å². The van der Waals surface area contributed by atoms with Crippen molar-refractivity contribution in [2.75, 3.05) is 25.5 Å². The van der Waals surface area contributed by atoms with Gasteiger partial charge in [-0.1, -0.05) is 18.5 Å². The molecule has 0 aliphatic carbocycles. The molecule has 0 aromatic carbocycles. The van der Waals surface area contributed by atoms with Crippen LogP contribution >= 0.6 is 11.6 Å². The second kappa shape index (κ2) is 7.20. The van der Waals surface area contributed by atoms with E-state index in [1.165, 1.54) is 0 Å². The zero-order valence-corrected chi connectivity index (χ0v) is 11.8. The zero-order chi connectivity index (χ0) is 13.5. The van der Waals surface area contributed by atoms with Crippen LogP contribution in [0.5, 0.6) is 0 Å². The lowest BCUT2D eigenvalue weighted by atomic mass is 10.2. The molecule has 1 aromatic rings. The highest BCUT2D eigenvalue weighted by molar-refractivity contribution is 6.31. The summed E-state index contributed by atoms with van der Waals surface area (Å²) in [6, 6.07) is 5.94. The number of aromatic nitrogens is 1. The molecule has 0 aliphatic heterocycles. The lowest BCUT2D eigenvalue weighted by Gasteiger charge is -2.21. The van der Waals surface area contributed by atoms with E-state index in [9.17, 15) is 0 Å². The number of hydrogen-bond acceptors (Lipinski definition) is 4. The molecule has 5 heteroatoms. The van der Waals surface area contributed by atoms with Gasteiger partial charge in [0, 0.05) is 20.1 Å². The quantitative estimate of drug-likeness (QED) is 0.860. The molecule has 1 unspecified atom stereocenters. The Morgan fingerprint density at radius 1 is 1.56 bits per heavy atom. The second-order valence-corrected chi connectivity index (χ2v) is 4.64. The van der Waals surface area contributed by atoms with Gasteiger partial charge >= 0.3 is 0 Å². The Bertz CT molecular complexity index is 427. The van der Waals surface area contributed by atoms with Gasteiger partial charge in [-0.3, -0.25) is 4.90 Å². The summed E-state index contributed by atoms with van der Waals surface area (Å²) in [5.74, 6) is 0.815. The minimum Gasteiger partial charge on any atom is -0.373 e. The molecule has 0 amide bonds. The SMILES string of the molecule is CCN(Cc1nc(NC)ccc1Cl)CC(C)C#N. The van der Waals surface area contributed by atoms with Crippen molar-refractivity contribution in [1.82, 2.24) is 9.88 Å². The van der Waals surface area contributed by atoms with Gasteiger partial charge in [0.1, 0.15) is 5.82 Å². The van der Waals surface area contributed by atoms with E-state index in [4.69, 9.17) is 16.9 Å². The molecule has 1 rings (SSSR count). The molecule has 1 aromatic heterocycles. The maximum Gasteiger partial charge on any atom is 0.126 e. The summed E-state index contributed by atoms with van der Waals surface area (Å²) in [7, 11) is 1.83. The Labute approximate surface area is 114 Å². The first-order valence-electron chi connectivity index (χ1n) is 6.05. The normalized spacial score (nSPS) is 12.2. The predicted molar refractivity (Wildman–Crippen MR) is 74.5 cm³/mol. The largest absolute Gasteiger partial charge is 0.373 e. The summed E-state index contributed by atoms with van der Waals surface area (Å²) in [6.45, 7) is 6.25. The maximum absolute atomic E-state index is 8.85. The van der Waals surface area contributed by atoms with E-state index in [0.29, 0.717) is 11.6 Å². The van der Waals surface area contributed by atoms with Crippen molar-refractivity contribution in [3.8, 4) is 6.07 Å². The highest BCUT2D eigenvalue weighted by Gasteiger charge is 2.12. The fraction of sp³-hybridized carbons (Fsp3) is 0.538. The average molecular weight is 267 g/mol. The highest BCUT2D eigenvalue weighted by atomic mass is 35.5. The van der Waals surface area contributed by atoms with Gasteiger partial charge < -0.3 is 5.32 Å².